The van der Waals surface area contributed by atoms with Crippen LogP contribution in [0.3, 0.4) is 0 Å². The molecule has 0 aromatic heterocycles. The van der Waals surface area contributed by atoms with Gasteiger partial charge in [0.15, 0.2) is 0 Å². The molecule has 124 valence electrons. The van der Waals surface area contributed by atoms with Gasteiger partial charge in [0.1, 0.15) is 12.4 Å². The Labute approximate surface area is 140 Å². The molecule has 5 nitrogen and oxygen atoms in total. The smallest absolute Gasteiger partial charge is 0.337 e. The Hall–Kier alpha value is -3.08. The highest BCUT2D eigenvalue weighted by Crippen LogP contribution is 2.15. The van der Waals surface area contributed by atoms with Crippen LogP contribution in [0.1, 0.15) is 28.4 Å². The number of benzene rings is 2. The summed E-state index contributed by atoms with van der Waals surface area (Å²) >= 11 is 0. The van der Waals surface area contributed by atoms with E-state index in [1.807, 2.05) is 42.5 Å². The zero-order valence-corrected chi connectivity index (χ0v) is 13.6. The van der Waals surface area contributed by atoms with E-state index in [0.29, 0.717) is 17.9 Å². The molecule has 0 aliphatic carbocycles. The number of oxime groups is 1. The molecule has 0 bridgehead atoms. The number of ether oxygens (including phenoxy) is 2. The normalized spacial score (nSPS) is 11.5. The molecule has 2 rings (SSSR count). The molecule has 2 aromatic carbocycles. The molecule has 0 aliphatic heterocycles. The number of carbonyl (C=O) groups excluding carboxylic acids is 1. The minimum atomic E-state index is -0.354. The van der Waals surface area contributed by atoms with Crippen molar-refractivity contribution in [2.24, 2.45) is 5.16 Å². The molecule has 1 N–H and O–H groups in total. The lowest BCUT2D eigenvalue weighted by atomic mass is 10.1. The van der Waals surface area contributed by atoms with Crippen LogP contribution in [0.15, 0.2) is 59.8 Å². The molecule has 0 amide bonds. The molecule has 0 spiro atoms. The number of esters is 1. The van der Waals surface area contributed by atoms with Crippen molar-refractivity contribution in [2.75, 3.05) is 7.11 Å². The van der Waals surface area contributed by atoms with Crippen LogP contribution in [-0.2, 0) is 11.3 Å². The Morgan fingerprint density at radius 2 is 1.79 bits per heavy atom. The lowest BCUT2D eigenvalue weighted by molar-refractivity contribution is 0.0600. The number of hydrogen-bond acceptors (Lipinski definition) is 5. The van der Waals surface area contributed by atoms with Gasteiger partial charge in [-0.2, -0.15) is 0 Å². The fraction of sp³-hybridized carbons (Fsp3) is 0.158. The summed E-state index contributed by atoms with van der Waals surface area (Å²) in [5.41, 5.74) is 2.99. The van der Waals surface area contributed by atoms with Crippen molar-refractivity contribution in [2.45, 2.75) is 13.5 Å². The van der Waals surface area contributed by atoms with Gasteiger partial charge in [0, 0.05) is 0 Å². The monoisotopic (exact) mass is 325 g/mol. The molecule has 2 aromatic rings. The Bertz CT molecular complexity index is 731. The van der Waals surface area contributed by atoms with Gasteiger partial charge in [-0.3, -0.25) is 0 Å². The highest BCUT2D eigenvalue weighted by atomic mass is 16.5. The van der Waals surface area contributed by atoms with Crippen molar-refractivity contribution in [3.05, 3.63) is 71.3 Å². The molecule has 0 aliphatic rings. The lowest BCUT2D eigenvalue weighted by Crippen LogP contribution is -2.01. The summed E-state index contributed by atoms with van der Waals surface area (Å²) in [7, 11) is 1.36. The summed E-state index contributed by atoms with van der Waals surface area (Å²) in [6.07, 6.45) is 3.57. The van der Waals surface area contributed by atoms with Gasteiger partial charge in [-0.15, -0.1) is 0 Å². The fourth-order valence-electron chi connectivity index (χ4n) is 1.95. The molecular formula is C19H19NO4. The largest absolute Gasteiger partial charge is 0.489 e. The van der Waals surface area contributed by atoms with Crippen LogP contribution in [0.4, 0.5) is 0 Å². The van der Waals surface area contributed by atoms with E-state index in [4.69, 9.17) is 9.94 Å². The van der Waals surface area contributed by atoms with Crippen molar-refractivity contribution in [1.29, 1.82) is 0 Å². The summed E-state index contributed by atoms with van der Waals surface area (Å²) in [5.74, 6) is 0.393. The van der Waals surface area contributed by atoms with Crippen LogP contribution in [0.2, 0.25) is 0 Å². The van der Waals surface area contributed by atoms with Crippen LogP contribution in [0.5, 0.6) is 5.75 Å². The van der Waals surface area contributed by atoms with Gasteiger partial charge >= 0.3 is 5.97 Å². The second-order valence-electron chi connectivity index (χ2n) is 5.12. The van der Waals surface area contributed by atoms with Gasteiger partial charge < -0.3 is 14.7 Å². The molecule has 0 heterocycles. The van der Waals surface area contributed by atoms with Gasteiger partial charge in [-0.25, -0.2) is 4.79 Å². The number of hydrogen-bond donors (Lipinski definition) is 1. The van der Waals surface area contributed by atoms with Crippen molar-refractivity contribution >= 4 is 17.8 Å². The summed E-state index contributed by atoms with van der Waals surface area (Å²) in [6, 6.07) is 14.7. The first-order valence-electron chi connectivity index (χ1n) is 7.39. The maximum atomic E-state index is 11.4. The number of allylic oxidation sites excluding steroid dienone is 1. The fourth-order valence-corrected chi connectivity index (χ4v) is 1.95. The van der Waals surface area contributed by atoms with E-state index in [9.17, 15) is 4.79 Å². The van der Waals surface area contributed by atoms with Gasteiger partial charge in [0.25, 0.3) is 0 Å². The molecule has 0 unspecified atom stereocenters. The Morgan fingerprint density at radius 1 is 1.12 bits per heavy atom. The van der Waals surface area contributed by atoms with Crippen molar-refractivity contribution in [3.63, 3.8) is 0 Å². The van der Waals surface area contributed by atoms with E-state index in [1.54, 1.807) is 25.1 Å². The SMILES string of the molecule is COC(=O)c1ccc(COc2ccc(/C=C/C(C)=N/O)cc2)cc1. The summed E-state index contributed by atoms with van der Waals surface area (Å²) < 4.78 is 10.4. The van der Waals surface area contributed by atoms with E-state index in [-0.39, 0.29) is 5.97 Å². The number of nitrogens with zero attached hydrogens (tertiary/aromatic N) is 1. The van der Waals surface area contributed by atoms with Crippen molar-refractivity contribution in [1.82, 2.24) is 0 Å². The first-order chi connectivity index (χ1) is 11.6. The molecule has 0 saturated carbocycles. The van der Waals surface area contributed by atoms with E-state index in [1.165, 1.54) is 7.11 Å². The van der Waals surface area contributed by atoms with E-state index < -0.39 is 0 Å². The molecule has 0 atom stereocenters. The third kappa shape index (κ3) is 4.98. The summed E-state index contributed by atoms with van der Waals surface area (Å²) in [5, 5.41) is 11.7. The predicted molar refractivity (Wildman–Crippen MR) is 92.5 cm³/mol. The van der Waals surface area contributed by atoms with E-state index in [2.05, 4.69) is 9.89 Å². The Morgan fingerprint density at radius 3 is 2.38 bits per heavy atom. The van der Waals surface area contributed by atoms with Crippen molar-refractivity contribution < 1.29 is 19.5 Å². The first-order valence-corrected chi connectivity index (χ1v) is 7.39. The van der Waals surface area contributed by atoms with E-state index in [0.717, 1.165) is 16.9 Å². The van der Waals surface area contributed by atoms with E-state index >= 15 is 0 Å². The molecule has 24 heavy (non-hydrogen) atoms. The van der Waals surface area contributed by atoms with Gasteiger partial charge in [0.05, 0.1) is 18.4 Å². The quantitative estimate of drug-likeness (QED) is 0.378. The second kappa shape index (κ2) is 8.53. The molecule has 5 heteroatoms. The molecule has 0 radical (unpaired) electrons. The van der Waals surface area contributed by atoms with Crippen LogP contribution in [-0.4, -0.2) is 24.0 Å². The molecule has 0 fully saturated rings. The second-order valence-corrected chi connectivity index (χ2v) is 5.12. The van der Waals surface area contributed by atoms with Crippen LogP contribution < -0.4 is 4.74 Å². The summed E-state index contributed by atoms with van der Waals surface area (Å²) in [4.78, 5) is 11.4. The lowest BCUT2D eigenvalue weighted by Gasteiger charge is -2.07. The standard InChI is InChI=1S/C19H19NO4/c1-14(20-22)3-4-15-7-11-18(12-8-15)24-13-16-5-9-17(10-6-16)19(21)23-2/h3-12,22H,13H2,1-2H3/b4-3+,20-14+. The topological polar surface area (TPSA) is 68.1 Å². The Kier molecular flexibility index (Phi) is 6.14. The average molecular weight is 325 g/mol. The number of rotatable bonds is 6. The maximum Gasteiger partial charge on any atom is 0.337 e. The predicted octanol–water partition coefficient (Wildman–Crippen LogP) is 3.92. The highest BCUT2D eigenvalue weighted by Gasteiger charge is 2.04. The minimum Gasteiger partial charge on any atom is -0.489 e. The van der Waals surface area contributed by atoms with Crippen LogP contribution >= 0.6 is 0 Å². The average Bonchev–Trinajstić information content (AvgIpc) is 2.65. The highest BCUT2D eigenvalue weighted by molar-refractivity contribution is 5.95. The Balaban J connectivity index is 1.92. The van der Waals surface area contributed by atoms with Gasteiger partial charge in [-0.05, 0) is 48.4 Å². The first kappa shape index (κ1) is 17.3. The maximum absolute atomic E-state index is 11.4. The summed E-state index contributed by atoms with van der Waals surface area (Å²) in [6.45, 7) is 2.12. The zero-order chi connectivity index (χ0) is 17.4. The van der Waals surface area contributed by atoms with Gasteiger partial charge in [-0.1, -0.05) is 35.5 Å². The minimum absolute atomic E-state index is 0.354. The third-order valence-corrected chi connectivity index (χ3v) is 3.34. The van der Waals surface area contributed by atoms with Crippen molar-refractivity contribution in [3.8, 4) is 5.75 Å². The number of carbonyl (C=O) groups is 1. The zero-order valence-electron chi connectivity index (χ0n) is 13.6. The van der Waals surface area contributed by atoms with Crippen LogP contribution in [0.25, 0.3) is 6.08 Å². The molecule has 0 saturated heterocycles. The molecular weight excluding hydrogens is 306 g/mol. The van der Waals surface area contributed by atoms with Gasteiger partial charge in [0.2, 0.25) is 0 Å². The van der Waals surface area contributed by atoms with Crippen LogP contribution in [0, 0.1) is 0 Å². The third-order valence-electron chi connectivity index (χ3n) is 3.34. The number of methoxy groups -OCH3 is 1.